The molecule has 4 N–H and O–H groups in total. The molecule has 0 heterocycles. The topological polar surface area (TPSA) is 83.5 Å². The molecule has 0 saturated heterocycles. The second kappa shape index (κ2) is 3.42. The number of nitrogens with two attached hydrogens (primary N) is 1. The van der Waals surface area contributed by atoms with Crippen LogP contribution in [0.25, 0.3) is 0 Å². The van der Waals surface area contributed by atoms with E-state index in [1.54, 1.807) is 0 Å². The maximum Gasteiger partial charge on any atom is 0.320 e. The van der Waals surface area contributed by atoms with Crippen molar-refractivity contribution in [2.24, 2.45) is 5.73 Å². The van der Waals surface area contributed by atoms with Gasteiger partial charge in [-0.05, 0) is 13.3 Å². The van der Waals surface area contributed by atoms with Gasteiger partial charge in [0.25, 0.3) is 0 Å². The largest absolute Gasteiger partial charge is 0.480 e. The Kier molecular flexibility index (Phi) is 3.19. The Bertz CT molecular complexity index is 102. The molecule has 54 valence electrons. The van der Waals surface area contributed by atoms with E-state index in [1.165, 1.54) is 6.92 Å². The Labute approximate surface area is 53.3 Å². The van der Waals surface area contributed by atoms with Gasteiger partial charge in [0.15, 0.2) is 0 Å². The van der Waals surface area contributed by atoms with E-state index in [2.05, 4.69) is 0 Å². The molecule has 0 fully saturated rings. The molecular weight excluding hydrogens is 122 g/mol. The minimum Gasteiger partial charge on any atom is -0.480 e. The smallest absolute Gasteiger partial charge is 0.320 e. The van der Waals surface area contributed by atoms with Crippen LogP contribution in [0.3, 0.4) is 0 Å². The van der Waals surface area contributed by atoms with Gasteiger partial charge in [-0.1, -0.05) is 0 Å². The van der Waals surface area contributed by atoms with Crippen molar-refractivity contribution in [2.75, 3.05) is 0 Å². The average molecular weight is 133 g/mol. The van der Waals surface area contributed by atoms with Gasteiger partial charge in [0.05, 0.1) is 6.10 Å². The molecule has 0 aliphatic carbocycles. The number of hydrogen-bond acceptors (Lipinski definition) is 3. The third kappa shape index (κ3) is 3.93. The van der Waals surface area contributed by atoms with Gasteiger partial charge in [0, 0.05) is 0 Å². The van der Waals surface area contributed by atoms with Crippen LogP contribution in [-0.4, -0.2) is 28.3 Å². The summed E-state index contributed by atoms with van der Waals surface area (Å²) in [5.74, 6) is -1.07. The van der Waals surface area contributed by atoms with Crippen LogP contribution < -0.4 is 5.73 Å². The van der Waals surface area contributed by atoms with E-state index in [-0.39, 0.29) is 6.42 Å². The number of carboxylic acids is 1. The number of aliphatic carboxylic acids is 1. The zero-order valence-electron chi connectivity index (χ0n) is 5.24. The molecule has 0 rings (SSSR count). The predicted molar refractivity (Wildman–Crippen MR) is 31.9 cm³/mol. The van der Waals surface area contributed by atoms with E-state index in [0.29, 0.717) is 0 Å². The SMILES string of the molecule is CC(O)CC(N)C(=O)O. The van der Waals surface area contributed by atoms with Crippen molar-refractivity contribution in [1.82, 2.24) is 0 Å². The summed E-state index contributed by atoms with van der Waals surface area (Å²) in [6, 6.07) is -0.940. The molecule has 0 aliphatic heterocycles. The first-order chi connectivity index (χ1) is 4.04. The highest BCUT2D eigenvalue weighted by Crippen LogP contribution is 1.93. The van der Waals surface area contributed by atoms with Crippen molar-refractivity contribution < 1.29 is 15.0 Å². The minimum absolute atomic E-state index is 0.106. The van der Waals surface area contributed by atoms with E-state index in [4.69, 9.17) is 15.9 Å². The first-order valence-electron chi connectivity index (χ1n) is 2.70. The lowest BCUT2D eigenvalue weighted by Gasteiger charge is -2.06. The molecule has 4 nitrogen and oxygen atoms in total. The van der Waals surface area contributed by atoms with Gasteiger partial charge in [-0.3, -0.25) is 4.79 Å². The van der Waals surface area contributed by atoms with Gasteiger partial charge in [0.1, 0.15) is 6.04 Å². The fourth-order valence-corrected chi connectivity index (χ4v) is 0.468. The first kappa shape index (κ1) is 8.39. The lowest BCUT2D eigenvalue weighted by Crippen LogP contribution is -2.33. The summed E-state index contributed by atoms with van der Waals surface area (Å²) in [5, 5.41) is 16.8. The molecule has 0 aromatic carbocycles. The maximum atomic E-state index is 10.00. The van der Waals surface area contributed by atoms with Crippen molar-refractivity contribution in [3.8, 4) is 0 Å². The summed E-state index contributed by atoms with van der Waals surface area (Å²) >= 11 is 0. The molecule has 0 saturated carbocycles. The lowest BCUT2D eigenvalue weighted by atomic mass is 10.1. The van der Waals surface area contributed by atoms with Crippen LogP contribution in [0.2, 0.25) is 0 Å². The summed E-state index contributed by atoms with van der Waals surface area (Å²) in [6.07, 6.45) is -0.536. The number of hydrogen-bond donors (Lipinski definition) is 3. The molecule has 2 atom stereocenters. The van der Waals surface area contributed by atoms with E-state index < -0.39 is 18.1 Å². The molecule has 0 spiro atoms. The molecule has 2 unspecified atom stereocenters. The Balaban J connectivity index is 3.50. The zero-order valence-corrected chi connectivity index (χ0v) is 5.24. The molecule has 0 aliphatic rings. The van der Waals surface area contributed by atoms with Crippen molar-refractivity contribution in [1.29, 1.82) is 0 Å². The van der Waals surface area contributed by atoms with Gasteiger partial charge >= 0.3 is 5.97 Å². The zero-order chi connectivity index (χ0) is 7.44. The summed E-state index contributed by atoms with van der Waals surface area (Å²) in [7, 11) is 0. The quantitative estimate of drug-likeness (QED) is 0.469. The van der Waals surface area contributed by atoms with Crippen LogP contribution in [0.5, 0.6) is 0 Å². The van der Waals surface area contributed by atoms with E-state index in [1.807, 2.05) is 0 Å². The molecule has 0 bridgehead atoms. The standard InChI is InChI=1S/C5H11NO3/c1-3(7)2-4(6)5(8)9/h3-4,7H,2,6H2,1H3,(H,8,9). The highest BCUT2D eigenvalue weighted by atomic mass is 16.4. The normalized spacial score (nSPS) is 16.8. The Morgan fingerprint density at radius 2 is 2.22 bits per heavy atom. The van der Waals surface area contributed by atoms with Crippen LogP contribution in [-0.2, 0) is 4.79 Å². The number of carbonyl (C=O) groups is 1. The fourth-order valence-electron chi connectivity index (χ4n) is 0.468. The summed E-state index contributed by atoms with van der Waals surface area (Å²) in [6.45, 7) is 1.50. The average Bonchev–Trinajstić information content (AvgIpc) is 1.63. The summed E-state index contributed by atoms with van der Waals surface area (Å²) < 4.78 is 0. The van der Waals surface area contributed by atoms with Crippen LogP contribution in [0.1, 0.15) is 13.3 Å². The molecule has 0 aromatic rings. The Morgan fingerprint density at radius 3 is 2.33 bits per heavy atom. The van der Waals surface area contributed by atoms with Crippen molar-refractivity contribution in [3.05, 3.63) is 0 Å². The van der Waals surface area contributed by atoms with Gasteiger partial charge in [-0.2, -0.15) is 0 Å². The molecule has 9 heavy (non-hydrogen) atoms. The van der Waals surface area contributed by atoms with E-state index in [9.17, 15) is 4.79 Å². The number of carboxylic acid groups (broad SMARTS) is 1. The van der Waals surface area contributed by atoms with Crippen LogP contribution in [0, 0.1) is 0 Å². The monoisotopic (exact) mass is 133 g/mol. The van der Waals surface area contributed by atoms with Gasteiger partial charge in [-0.25, -0.2) is 0 Å². The van der Waals surface area contributed by atoms with Crippen LogP contribution >= 0.6 is 0 Å². The van der Waals surface area contributed by atoms with Crippen molar-refractivity contribution in [2.45, 2.75) is 25.5 Å². The minimum atomic E-state index is -1.07. The van der Waals surface area contributed by atoms with Gasteiger partial charge in [0.2, 0.25) is 0 Å². The van der Waals surface area contributed by atoms with Crippen molar-refractivity contribution >= 4 is 5.97 Å². The van der Waals surface area contributed by atoms with Gasteiger partial charge in [-0.15, -0.1) is 0 Å². The second-order valence-corrected chi connectivity index (χ2v) is 2.03. The molecule has 0 radical (unpaired) electrons. The van der Waals surface area contributed by atoms with Crippen LogP contribution in [0.4, 0.5) is 0 Å². The first-order valence-corrected chi connectivity index (χ1v) is 2.70. The maximum absolute atomic E-state index is 10.00. The van der Waals surface area contributed by atoms with Gasteiger partial charge < -0.3 is 15.9 Å². The molecule has 4 heteroatoms. The summed E-state index contributed by atoms with van der Waals surface area (Å²) in [5.41, 5.74) is 5.06. The molecular formula is C5H11NO3. The van der Waals surface area contributed by atoms with E-state index in [0.717, 1.165) is 0 Å². The third-order valence-corrected chi connectivity index (χ3v) is 0.912. The lowest BCUT2D eigenvalue weighted by molar-refractivity contribution is -0.139. The Morgan fingerprint density at radius 1 is 1.78 bits per heavy atom. The van der Waals surface area contributed by atoms with Crippen molar-refractivity contribution in [3.63, 3.8) is 0 Å². The molecule has 0 aromatic heterocycles. The van der Waals surface area contributed by atoms with E-state index >= 15 is 0 Å². The van der Waals surface area contributed by atoms with Crippen LogP contribution in [0.15, 0.2) is 0 Å². The third-order valence-electron chi connectivity index (χ3n) is 0.912. The number of aliphatic hydroxyl groups excluding tert-OH is 1. The highest BCUT2D eigenvalue weighted by molar-refractivity contribution is 5.73. The number of aliphatic hydroxyl groups is 1. The number of rotatable bonds is 3. The highest BCUT2D eigenvalue weighted by Gasteiger charge is 2.12. The molecule has 0 amide bonds. The second-order valence-electron chi connectivity index (χ2n) is 2.03. The fraction of sp³-hybridized carbons (Fsp3) is 0.800. The predicted octanol–water partition coefficient (Wildman–Crippen LogP) is -0.831. The Hall–Kier alpha value is -0.610. The summed E-state index contributed by atoms with van der Waals surface area (Å²) in [4.78, 5) is 10.00.